The van der Waals surface area contributed by atoms with Crippen molar-refractivity contribution in [3.05, 3.63) is 47.8 Å². The summed E-state index contributed by atoms with van der Waals surface area (Å²) in [6, 6.07) is 10.3. The average molecular weight is 412 g/mol. The SMILES string of the molecule is CCNC(=NCC1(CCOC)CCC1)NCCCc1cn(-c2ccccc2)nc1C. The zero-order valence-electron chi connectivity index (χ0n) is 18.8. The summed E-state index contributed by atoms with van der Waals surface area (Å²) < 4.78 is 7.28. The van der Waals surface area contributed by atoms with E-state index in [4.69, 9.17) is 9.73 Å². The first-order valence-electron chi connectivity index (χ1n) is 11.3. The number of aromatic nitrogens is 2. The molecule has 1 heterocycles. The number of hydrogen-bond acceptors (Lipinski definition) is 3. The number of hydrogen-bond donors (Lipinski definition) is 2. The van der Waals surface area contributed by atoms with Gasteiger partial charge in [0, 0.05) is 39.5 Å². The first kappa shape index (κ1) is 22.3. The summed E-state index contributed by atoms with van der Waals surface area (Å²) in [5.74, 6) is 0.929. The standard InChI is InChI=1S/C24H37N5O/c1-4-25-23(27-19-24(13-9-14-24)15-17-30-3)26-16-8-10-21-18-29(28-20(21)2)22-11-6-5-7-12-22/h5-7,11-12,18H,4,8-10,13-17,19H2,1-3H3,(H2,25,26,27). The number of rotatable bonds is 11. The normalized spacial score (nSPS) is 15.6. The summed E-state index contributed by atoms with van der Waals surface area (Å²) in [6.07, 6.45) is 9.16. The lowest BCUT2D eigenvalue weighted by atomic mass is 9.67. The Morgan fingerprint density at radius 3 is 2.70 bits per heavy atom. The Hall–Kier alpha value is -2.34. The average Bonchev–Trinajstić information content (AvgIpc) is 3.11. The number of benzene rings is 1. The minimum atomic E-state index is 0.349. The van der Waals surface area contributed by atoms with Gasteiger partial charge in [-0.2, -0.15) is 5.10 Å². The van der Waals surface area contributed by atoms with Crippen molar-refractivity contribution in [1.82, 2.24) is 20.4 Å². The zero-order chi connectivity index (χ0) is 21.2. The van der Waals surface area contributed by atoms with Crippen LogP contribution >= 0.6 is 0 Å². The van der Waals surface area contributed by atoms with Gasteiger partial charge in [0.25, 0.3) is 0 Å². The van der Waals surface area contributed by atoms with E-state index in [9.17, 15) is 0 Å². The molecule has 0 saturated heterocycles. The minimum Gasteiger partial charge on any atom is -0.385 e. The van der Waals surface area contributed by atoms with Crippen LogP contribution in [0.2, 0.25) is 0 Å². The van der Waals surface area contributed by atoms with Crippen molar-refractivity contribution in [2.24, 2.45) is 10.4 Å². The molecule has 1 aliphatic carbocycles. The highest BCUT2D eigenvalue weighted by Crippen LogP contribution is 2.44. The lowest BCUT2D eigenvalue weighted by Gasteiger charge is -2.40. The highest BCUT2D eigenvalue weighted by molar-refractivity contribution is 5.79. The molecule has 30 heavy (non-hydrogen) atoms. The smallest absolute Gasteiger partial charge is 0.191 e. The van der Waals surface area contributed by atoms with Crippen LogP contribution < -0.4 is 10.6 Å². The van der Waals surface area contributed by atoms with Gasteiger partial charge in [-0.1, -0.05) is 24.6 Å². The second-order valence-corrected chi connectivity index (χ2v) is 8.34. The first-order valence-corrected chi connectivity index (χ1v) is 11.3. The lowest BCUT2D eigenvalue weighted by molar-refractivity contribution is 0.0778. The quantitative estimate of drug-likeness (QED) is 0.335. The molecular weight excluding hydrogens is 374 g/mol. The molecule has 0 atom stereocenters. The number of ether oxygens (including phenoxy) is 1. The van der Waals surface area contributed by atoms with Crippen LogP contribution in [0.5, 0.6) is 0 Å². The number of nitrogens with zero attached hydrogens (tertiary/aromatic N) is 3. The summed E-state index contributed by atoms with van der Waals surface area (Å²) in [6.45, 7) is 7.69. The van der Waals surface area contributed by atoms with E-state index in [2.05, 4.69) is 47.9 Å². The number of para-hydroxylation sites is 1. The minimum absolute atomic E-state index is 0.349. The van der Waals surface area contributed by atoms with Crippen LogP contribution in [-0.2, 0) is 11.2 Å². The largest absolute Gasteiger partial charge is 0.385 e. The fourth-order valence-corrected chi connectivity index (χ4v) is 4.01. The predicted octanol–water partition coefficient (Wildman–Crippen LogP) is 3.88. The Kier molecular flexibility index (Phi) is 8.31. The molecule has 1 aliphatic rings. The van der Waals surface area contributed by atoms with Crippen molar-refractivity contribution in [3.63, 3.8) is 0 Å². The van der Waals surface area contributed by atoms with E-state index in [1.165, 1.54) is 24.8 Å². The molecule has 0 spiro atoms. The van der Waals surface area contributed by atoms with Crippen LogP contribution in [0.25, 0.3) is 5.69 Å². The van der Waals surface area contributed by atoms with Crippen LogP contribution in [0.4, 0.5) is 0 Å². The molecule has 0 aliphatic heterocycles. The second-order valence-electron chi connectivity index (χ2n) is 8.34. The number of nitrogens with one attached hydrogen (secondary N) is 2. The van der Waals surface area contributed by atoms with Crippen molar-refractivity contribution in [2.75, 3.05) is 33.4 Å². The monoisotopic (exact) mass is 411 g/mol. The van der Waals surface area contributed by atoms with E-state index in [1.54, 1.807) is 7.11 Å². The van der Waals surface area contributed by atoms with Gasteiger partial charge in [0.2, 0.25) is 0 Å². The summed E-state index contributed by atoms with van der Waals surface area (Å²) in [5, 5.41) is 11.6. The highest BCUT2D eigenvalue weighted by Gasteiger charge is 2.36. The molecule has 6 nitrogen and oxygen atoms in total. The molecule has 2 aromatic rings. The number of aryl methyl sites for hydroxylation is 2. The molecule has 2 N–H and O–H groups in total. The fourth-order valence-electron chi connectivity index (χ4n) is 4.01. The van der Waals surface area contributed by atoms with Gasteiger partial charge in [0.1, 0.15) is 0 Å². The topological polar surface area (TPSA) is 63.5 Å². The molecule has 164 valence electrons. The van der Waals surface area contributed by atoms with Gasteiger partial charge >= 0.3 is 0 Å². The summed E-state index contributed by atoms with van der Waals surface area (Å²) in [7, 11) is 1.78. The molecule has 1 aromatic carbocycles. The van der Waals surface area contributed by atoms with E-state index in [0.717, 1.165) is 62.8 Å². The second kappa shape index (κ2) is 11.2. The van der Waals surface area contributed by atoms with E-state index in [0.29, 0.717) is 5.41 Å². The molecular formula is C24H37N5O. The number of aliphatic imine (C=N–C) groups is 1. The zero-order valence-corrected chi connectivity index (χ0v) is 18.8. The van der Waals surface area contributed by atoms with Crippen LogP contribution in [0.15, 0.2) is 41.5 Å². The van der Waals surface area contributed by atoms with Crippen molar-refractivity contribution >= 4 is 5.96 Å². The Morgan fingerprint density at radius 2 is 2.03 bits per heavy atom. The molecule has 6 heteroatoms. The van der Waals surface area contributed by atoms with Crippen LogP contribution in [-0.4, -0.2) is 49.1 Å². The molecule has 0 radical (unpaired) electrons. The molecule has 1 aromatic heterocycles. The molecule has 1 fully saturated rings. The van der Waals surface area contributed by atoms with Crippen molar-refractivity contribution in [1.29, 1.82) is 0 Å². The molecule has 1 saturated carbocycles. The maximum Gasteiger partial charge on any atom is 0.191 e. The first-order chi connectivity index (χ1) is 14.7. The molecule has 3 rings (SSSR count). The maximum atomic E-state index is 5.30. The van der Waals surface area contributed by atoms with Crippen LogP contribution in [0, 0.1) is 12.3 Å². The maximum absolute atomic E-state index is 5.30. The third kappa shape index (κ3) is 6.08. The Morgan fingerprint density at radius 1 is 1.23 bits per heavy atom. The lowest BCUT2D eigenvalue weighted by Crippen LogP contribution is -2.40. The van der Waals surface area contributed by atoms with E-state index >= 15 is 0 Å². The van der Waals surface area contributed by atoms with E-state index in [1.807, 2.05) is 22.9 Å². The number of methoxy groups -OCH3 is 1. The van der Waals surface area contributed by atoms with Crippen molar-refractivity contribution in [2.45, 2.75) is 52.4 Å². The van der Waals surface area contributed by atoms with Gasteiger partial charge in [0.15, 0.2) is 5.96 Å². The van der Waals surface area contributed by atoms with Crippen molar-refractivity contribution < 1.29 is 4.74 Å². The van der Waals surface area contributed by atoms with Crippen LogP contribution in [0.1, 0.15) is 50.3 Å². The van der Waals surface area contributed by atoms with Crippen molar-refractivity contribution in [3.8, 4) is 5.69 Å². The molecule has 0 unspecified atom stereocenters. The third-order valence-electron chi connectivity index (χ3n) is 6.10. The Labute approximate surface area is 181 Å². The van der Waals surface area contributed by atoms with Gasteiger partial charge in [-0.05, 0) is 69.1 Å². The molecule has 0 amide bonds. The van der Waals surface area contributed by atoms with Gasteiger partial charge in [-0.25, -0.2) is 4.68 Å². The Balaban J connectivity index is 1.48. The highest BCUT2D eigenvalue weighted by atomic mass is 16.5. The third-order valence-corrected chi connectivity index (χ3v) is 6.10. The van der Waals surface area contributed by atoms with E-state index in [-0.39, 0.29) is 0 Å². The summed E-state index contributed by atoms with van der Waals surface area (Å²) in [5.41, 5.74) is 3.85. The Bertz CT molecular complexity index is 795. The predicted molar refractivity (Wildman–Crippen MR) is 123 cm³/mol. The summed E-state index contributed by atoms with van der Waals surface area (Å²) >= 11 is 0. The van der Waals surface area contributed by atoms with Gasteiger partial charge in [-0.3, -0.25) is 4.99 Å². The number of guanidine groups is 1. The van der Waals surface area contributed by atoms with Gasteiger partial charge in [0.05, 0.1) is 11.4 Å². The fraction of sp³-hybridized carbons (Fsp3) is 0.583. The van der Waals surface area contributed by atoms with Crippen LogP contribution in [0.3, 0.4) is 0 Å². The summed E-state index contributed by atoms with van der Waals surface area (Å²) in [4.78, 5) is 4.89. The van der Waals surface area contributed by atoms with Gasteiger partial charge < -0.3 is 15.4 Å². The van der Waals surface area contributed by atoms with E-state index < -0.39 is 0 Å². The van der Waals surface area contributed by atoms with Gasteiger partial charge in [-0.15, -0.1) is 0 Å². The molecule has 0 bridgehead atoms.